The summed E-state index contributed by atoms with van der Waals surface area (Å²) in [6.45, 7) is 7.74. The van der Waals surface area contributed by atoms with E-state index in [-0.39, 0.29) is 11.5 Å². The summed E-state index contributed by atoms with van der Waals surface area (Å²) in [6.07, 6.45) is 3.37. The molecule has 0 aliphatic rings. The fraction of sp³-hybridized carbons (Fsp3) is 0.368. The third kappa shape index (κ3) is 3.70. The highest BCUT2D eigenvalue weighted by atomic mass is 16.2. The maximum atomic E-state index is 12.6. The molecule has 4 nitrogen and oxygen atoms in total. The highest BCUT2D eigenvalue weighted by Gasteiger charge is 2.18. The first-order chi connectivity index (χ1) is 11.0. The van der Waals surface area contributed by atoms with E-state index in [0.717, 1.165) is 35.2 Å². The van der Waals surface area contributed by atoms with Gasteiger partial charge >= 0.3 is 0 Å². The van der Waals surface area contributed by atoms with Crippen LogP contribution in [0.4, 0.5) is 5.69 Å². The monoisotopic (exact) mass is 312 g/mol. The predicted octanol–water partition coefficient (Wildman–Crippen LogP) is 3.48. The zero-order chi connectivity index (χ0) is 17.0. The topological polar surface area (TPSA) is 51.1 Å². The smallest absolute Gasteiger partial charge is 0.251 e. The highest BCUT2D eigenvalue weighted by molar-refractivity contribution is 5.95. The molecule has 0 saturated heterocycles. The molecule has 1 atom stereocenters. The molecule has 0 radical (unpaired) electrons. The number of hydrogen-bond donors (Lipinski definition) is 1. The maximum absolute atomic E-state index is 12.6. The Balaban J connectivity index is 2.30. The number of aromatic nitrogens is 1. The van der Waals surface area contributed by atoms with Gasteiger partial charge in [-0.05, 0) is 49.4 Å². The van der Waals surface area contributed by atoms with Gasteiger partial charge in [-0.25, -0.2) is 0 Å². The average molecular weight is 312 g/mol. The highest BCUT2D eigenvalue weighted by Crippen LogP contribution is 2.23. The van der Waals surface area contributed by atoms with Crippen molar-refractivity contribution in [3.8, 4) is 0 Å². The Labute approximate surface area is 137 Å². The lowest BCUT2D eigenvalue weighted by Gasteiger charge is -2.19. The third-order valence-corrected chi connectivity index (χ3v) is 4.15. The molecule has 122 valence electrons. The fourth-order valence-corrected chi connectivity index (χ4v) is 2.67. The first kappa shape index (κ1) is 17.0. The molecule has 0 aliphatic heterocycles. The number of nitrogens with zero attached hydrogens (tertiary/aromatic N) is 1. The van der Waals surface area contributed by atoms with Crippen molar-refractivity contribution in [3.63, 3.8) is 0 Å². The van der Waals surface area contributed by atoms with Crippen LogP contribution in [0.25, 0.3) is 0 Å². The van der Waals surface area contributed by atoms with Gasteiger partial charge < -0.3 is 9.88 Å². The van der Waals surface area contributed by atoms with Crippen molar-refractivity contribution >= 4 is 11.6 Å². The number of pyridine rings is 1. The molecule has 2 aromatic rings. The Morgan fingerprint density at radius 2 is 1.78 bits per heavy atom. The van der Waals surface area contributed by atoms with Gasteiger partial charge in [0.15, 0.2) is 0 Å². The van der Waals surface area contributed by atoms with E-state index in [2.05, 4.69) is 19.2 Å². The number of carbonyl (C=O) groups is 1. The number of aryl methyl sites for hydroxylation is 3. The van der Waals surface area contributed by atoms with Gasteiger partial charge in [0.05, 0.1) is 0 Å². The van der Waals surface area contributed by atoms with Gasteiger partial charge in [-0.2, -0.15) is 0 Å². The van der Waals surface area contributed by atoms with Crippen LogP contribution in [0.1, 0.15) is 43.5 Å². The summed E-state index contributed by atoms with van der Waals surface area (Å²) in [5, 5.41) is 3.02. The van der Waals surface area contributed by atoms with E-state index in [1.165, 1.54) is 4.57 Å². The fourth-order valence-electron chi connectivity index (χ4n) is 2.67. The Kier molecular flexibility index (Phi) is 5.37. The minimum Gasteiger partial charge on any atom is -0.324 e. The number of carbonyl (C=O) groups excluding carboxylic acids is 1. The molecule has 0 saturated carbocycles. The van der Waals surface area contributed by atoms with Crippen LogP contribution in [-0.4, -0.2) is 10.5 Å². The first-order valence-corrected chi connectivity index (χ1v) is 8.08. The molecule has 1 aromatic carbocycles. The van der Waals surface area contributed by atoms with Gasteiger partial charge in [0.2, 0.25) is 5.91 Å². The third-order valence-electron chi connectivity index (χ3n) is 4.15. The van der Waals surface area contributed by atoms with E-state index in [9.17, 15) is 9.59 Å². The molecule has 2 rings (SSSR count). The van der Waals surface area contributed by atoms with Crippen molar-refractivity contribution in [2.45, 2.75) is 46.6 Å². The van der Waals surface area contributed by atoms with Crippen LogP contribution in [-0.2, 0) is 17.6 Å². The van der Waals surface area contributed by atoms with Crippen molar-refractivity contribution in [1.82, 2.24) is 4.57 Å². The lowest BCUT2D eigenvalue weighted by atomic mass is 10.0. The lowest BCUT2D eigenvalue weighted by molar-refractivity contribution is -0.118. The minimum atomic E-state index is -0.558. The van der Waals surface area contributed by atoms with Crippen LogP contribution in [0.2, 0.25) is 0 Å². The number of amides is 1. The van der Waals surface area contributed by atoms with E-state index in [1.807, 2.05) is 31.2 Å². The summed E-state index contributed by atoms with van der Waals surface area (Å²) in [7, 11) is 0. The zero-order valence-electron chi connectivity index (χ0n) is 14.2. The van der Waals surface area contributed by atoms with Gasteiger partial charge in [-0.1, -0.05) is 32.0 Å². The molecule has 1 unspecified atom stereocenters. The first-order valence-electron chi connectivity index (χ1n) is 8.08. The maximum Gasteiger partial charge on any atom is 0.251 e. The van der Waals surface area contributed by atoms with Crippen LogP contribution >= 0.6 is 0 Å². The summed E-state index contributed by atoms with van der Waals surface area (Å²) in [5.74, 6) is -0.174. The molecule has 4 heteroatoms. The predicted molar refractivity (Wildman–Crippen MR) is 94.0 cm³/mol. The summed E-state index contributed by atoms with van der Waals surface area (Å²) >= 11 is 0. The molecule has 1 aromatic heterocycles. The van der Waals surface area contributed by atoms with Gasteiger partial charge in [-0.3, -0.25) is 9.59 Å². The summed E-state index contributed by atoms with van der Waals surface area (Å²) in [4.78, 5) is 24.7. The zero-order valence-corrected chi connectivity index (χ0v) is 14.2. The van der Waals surface area contributed by atoms with Crippen molar-refractivity contribution in [2.24, 2.45) is 0 Å². The molecule has 0 bridgehead atoms. The van der Waals surface area contributed by atoms with E-state index in [0.29, 0.717) is 0 Å². The second-order valence-electron chi connectivity index (χ2n) is 5.77. The Bertz CT molecular complexity index is 740. The quantitative estimate of drug-likeness (QED) is 0.919. The van der Waals surface area contributed by atoms with Crippen LogP contribution in [0.3, 0.4) is 0 Å². The van der Waals surface area contributed by atoms with Gasteiger partial charge in [0, 0.05) is 18.0 Å². The second-order valence-corrected chi connectivity index (χ2v) is 5.77. The van der Waals surface area contributed by atoms with E-state index in [4.69, 9.17) is 0 Å². The van der Waals surface area contributed by atoms with Crippen LogP contribution in [0.15, 0.2) is 41.3 Å². The largest absolute Gasteiger partial charge is 0.324 e. The number of para-hydroxylation sites is 1. The van der Waals surface area contributed by atoms with Crippen LogP contribution < -0.4 is 10.9 Å². The molecular weight excluding hydrogens is 288 g/mol. The molecule has 0 fully saturated rings. The number of hydrogen-bond acceptors (Lipinski definition) is 2. The second kappa shape index (κ2) is 7.27. The standard InChI is InChI=1S/C19H24N2O2/c1-5-15-8-7-9-16(6-2)18(15)20-19(23)14(4)21-11-10-13(3)12-17(21)22/h7-12,14H,5-6H2,1-4H3,(H,20,23). The average Bonchev–Trinajstić information content (AvgIpc) is 2.54. The summed E-state index contributed by atoms with van der Waals surface area (Å²) in [6, 6.07) is 8.89. The van der Waals surface area contributed by atoms with Gasteiger partial charge in [0.1, 0.15) is 6.04 Å². The number of nitrogens with one attached hydrogen (secondary N) is 1. The normalized spacial score (nSPS) is 12.0. The lowest BCUT2D eigenvalue weighted by Crippen LogP contribution is -2.31. The van der Waals surface area contributed by atoms with Crippen LogP contribution in [0, 0.1) is 6.92 Å². The molecule has 23 heavy (non-hydrogen) atoms. The molecule has 1 N–H and O–H groups in total. The summed E-state index contributed by atoms with van der Waals surface area (Å²) in [5.41, 5.74) is 3.84. The molecule has 0 aliphatic carbocycles. The van der Waals surface area contributed by atoms with E-state index in [1.54, 1.807) is 19.2 Å². The van der Waals surface area contributed by atoms with E-state index >= 15 is 0 Å². The summed E-state index contributed by atoms with van der Waals surface area (Å²) < 4.78 is 1.46. The Morgan fingerprint density at radius 1 is 1.17 bits per heavy atom. The van der Waals surface area contributed by atoms with E-state index < -0.39 is 6.04 Å². The number of anilines is 1. The molecule has 1 heterocycles. The number of rotatable bonds is 5. The van der Waals surface area contributed by atoms with Crippen molar-refractivity contribution in [1.29, 1.82) is 0 Å². The number of benzene rings is 1. The Hall–Kier alpha value is -2.36. The SMILES string of the molecule is CCc1cccc(CC)c1NC(=O)C(C)n1ccc(C)cc1=O. The molecule has 0 spiro atoms. The Morgan fingerprint density at radius 3 is 2.30 bits per heavy atom. The van der Waals surface area contributed by atoms with Gasteiger partial charge in [-0.15, -0.1) is 0 Å². The molecular formula is C19H24N2O2. The van der Waals surface area contributed by atoms with Gasteiger partial charge in [0.25, 0.3) is 5.56 Å². The van der Waals surface area contributed by atoms with Crippen LogP contribution in [0.5, 0.6) is 0 Å². The minimum absolute atomic E-state index is 0.160. The van der Waals surface area contributed by atoms with Crippen molar-refractivity contribution < 1.29 is 4.79 Å². The van der Waals surface area contributed by atoms with Crippen molar-refractivity contribution in [2.75, 3.05) is 5.32 Å². The molecule has 1 amide bonds. The van der Waals surface area contributed by atoms with Crippen molar-refractivity contribution in [3.05, 3.63) is 63.6 Å².